The van der Waals surface area contributed by atoms with Crippen LogP contribution in [0.3, 0.4) is 0 Å². The van der Waals surface area contributed by atoms with E-state index in [4.69, 9.17) is 5.73 Å². The summed E-state index contributed by atoms with van der Waals surface area (Å²) in [6.45, 7) is 4.77. The normalized spacial score (nSPS) is 10.4. The largest absolute Gasteiger partial charge is 0.396 e. The van der Waals surface area contributed by atoms with Gasteiger partial charge in [0.25, 0.3) is 5.91 Å². The third kappa shape index (κ3) is 4.87. The molecule has 0 aliphatic rings. The summed E-state index contributed by atoms with van der Waals surface area (Å²) in [5, 5.41) is 5.28. The highest BCUT2D eigenvalue weighted by molar-refractivity contribution is 5.99. The van der Waals surface area contributed by atoms with Crippen molar-refractivity contribution in [1.82, 2.24) is 10.6 Å². The fourth-order valence-corrected chi connectivity index (χ4v) is 1.53. The van der Waals surface area contributed by atoms with Crippen molar-refractivity contribution < 1.29 is 14.0 Å². The van der Waals surface area contributed by atoms with Crippen molar-refractivity contribution >= 4 is 17.5 Å². The first-order chi connectivity index (χ1) is 9.41. The van der Waals surface area contributed by atoms with Crippen molar-refractivity contribution in [1.29, 1.82) is 0 Å². The van der Waals surface area contributed by atoms with E-state index in [0.29, 0.717) is 12.5 Å². The number of para-hydroxylation sites is 1. The van der Waals surface area contributed by atoms with Gasteiger partial charge in [-0.2, -0.15) is 0 Å². The van der Waals surface area contributed by atoms with Gasteiger partial charge in [0.15, 0.2) is 0 Å². The summed E-state index contributed by atoms with van der Waals surface area (Å²) in [6, 6.07) is 4.04. The zero-order chi connectivity index (χ0) is 15.1. The number of hydrogen-bond acceptors (Lipinski definition) is 3. The lowest BCUT2D eigenvalue weighted by molar-refractivity contribution is -0.121. The first kappa shape index (κ1) is 15.9. The molecule has 0 fully saturated rings. The highest BCUT2D eigenvalue weighted by Crippen LogP contribution is 2.15. The van der Waals surface area contributed by atoms with Gasteiger partial charge in [0.2, 0.25) is 5.91 Å². The molecule has 5 nitrogen and oxygen atoms in total. The predicted octanol–water partition coefficient (Wildman–Crippen LogP) is 1.30. The molecule has 0 saturated heterocycles. The van der Waals surface area contributed by atoms with Crippen LogP contribution in [0.4, 0.5) is 10.1 Å². The van der Waals surface area contributed by atoms with E-state index in [9.17, 15) is 14.0 Å². The molecule has 2 amide bonds. The van der Waals surface area contributed by atoms with E-state index in [-0.39, 0.29) is 30.1 Å². The van der Waals surface area contributed by atoms with Crippen molar-refractivity contribution in [3.05, 3.63) is 29.6 Å². The van der Waals surface area contributed by atoms with Crippen molar-refractivity contribution in [3.8, 4) is 0 Å². The number of nitrogen functional groups attached to an aromatic ring is 1. The molecule has 0 aromatic heterocycles. The molecule has 0 aliphatic heterocycles. The van der Waals surface area contributed by atoms with Gasteiger partial charge in [0, 0.05) is 19.5 Å². The van der Waals surface area contributed by atoms with Crippen molar-refractivity contribution in [2.24, 2.45) is 5.92 Å². The third-order valence-electron chi connectivity index (χ3n) is 2.64. The van der Waals surface area contributed by atoms with Crippen LogP contribution >= 0.6 is 0 Å². The van der Waals surface area contributed by atoms with E-state index in [1.54, 1.807) is 0 Å². The van der Waals surface area contributed by atoms with Crippen LogP contribution in [0.5, 0.6) is 0 Å². The van der Waals surface area contributed by atoms with E-state index in [0.717, 1.165) is 0 Å². The summed E-state index contributed by atoms with van der Waals surface area (Å²) >= 11 is 0. The Hall–Kier alpha value is -2.11. The van der Waals surface area contributed by atoms with E-state index >= 15 is 0 Å². The smallest absolute Gasteiger partial charge is 0.253 e. The molecule has 20 heavy (non-hydrogen) atoms. The maximum atomic E-state index is 13.2. The molecule has 0 saturated carbocycles. The first-order valence-electron chi connectivity index (χ1n) is 6.50. The molecule has 1 rings (SSSR count). The molecule has 0 bridgehead atoms. The first-order valence-corrected chi connectivity index (χ1v) is 6.50. The van der Waals surface area contributed by atoms with Crippen molar-refractivity contribution in [2.75, 3.05) is 18.8 Å². The van der Waals surface area contributed by atoms with E-state index in [1.807, 2.05) is 13.8 Å². The number of rotatable bonds is 6. The van der Waals surface area contributed by atoms with Gasteiger partial charge < -0.3 is 16.4 Å². The average Bonchev–Trinajstić information content (AvgIpc) is 2.39. The van der Waals surface area contributed by atoms with Crippen LogP contribution in [-0.4, -0.2) is 24.9 Å². The van der Waals surface area contributed by atoms with Crippen LogP contribution < -0.4 is 16.4 Å². The number of anilines is 1. The van der Waals surface area contributed by atoms with Gasteiger partial charge >= 0.3 is 0 Å². The number of nitrogens with one attached hydrogen (secondary N) is 2. The molecule has 6 heteroatoms. The number of nitrogens with two attached hydrogens (primary N) is 1. The van der Waals surface area contributed by atoms with E-state index in [1.165, 1.54) is 18.2 Å². The Morgan fingerprint density at radius 2 is 2.00 bits per heavy atom. The fourth-order valence-electron chi connectivity index (χ4n) is 1.53. The minimum atomic E-state index is -0.632. The van der Waals surface area contributed by atoms with Gasteiger partial charge in [-0.3, -0.25) is 9.59 Å². The van der Waals surface area contributed by atoms with Crippen LogP contribution in [0.25, 0.3) is 0 Å². The lowest BCUT2D eigenvalue weighted by Crippen LogP contribution is -2.32. The third-order valence-corrected chi connectivity index (χ3v) is 2.64. The Labute approximate surface area is 117 Å². The highest BCUT2D eigenvalue weighted by atomic mass is 19.1. The molecule has 1 aromatic rings. The summed E-state index contributed by atoms with van der Waals surface area (Å²) in [7, 11) is 0. The summed E-state index contributed by atoms with van der Waals surface area (Å²) in [5.74, 6) is -0.877. The summed E-state index contributed by atoms with van der Waals surface area (Å²) < 4.78 is 13.2. The minimum absolute atomic E-state index is 0.0765. The maximum Gasteiger partial charge on any atom is 0.253 e. The second-order valence-electron chi connectivity index (χ2n) is 4.90. The Bertz CT molecular complexity index is 489. The van der Waals surface area contributed by atoms with Gasteiger partial charge in [-0.05, 0) is 18.1 Å². The number of benzene rings is 1. The second-order valence-corrected chi connectivity index (χ2v) is 4.90. The van der Waals surface area contributed by atoms with Crippen LogP contribution in [0.2, 0.25) is 0 Å². The Morgan fingerprint density at radius 1 is 1.30 bits per heavy atom. The molecular weight excluding hydrogens is 261 g/mol. The quantitative estimate of drug-likeness (QED) is 0.687. The highest BCUT2D eigenvalue weighted by Gasteiger charge is 2.12. The van der Waals surface area contributed by atoms with Crippen molar-refractivity contribution in [3.63, 3.8) is 0 Å². The Balaban J connectivity index is 2.40. The van der Waals surface area contributed by atoms with Gasteiger partial charge in [0.1, 0.15) is 5.82 Å². The summed E-state index contributed by atoms with van der Waals surface area (Å²) in [5.41, 5.74) is 5.37. The average molecular weight is 281 g/mol. The number of halogens is 1. The van der Waals surface area contributed by atoms with Gasteiger partial charge in [0.05, 0.1) is 11.3 Å². The number of carbonyl (C=O) groups excluding carboxylic acids is 2. The minimum Gasteiger partial charge on any atom is -0.396 e. The van der Waals surface area contributed by atoms with E-state index in [2.05, 4.69) is 10.6 Å². The topological polar surface area (TPSA) is 84.2 Å². The van der Waals surface area contributed by atoms with Gasteiger partial charge in [-0.1, -0.05) is 19.9 Å². The fraction of sp³-hybridized carbons (Fsp3) is 0.429. The molecule has 0 atom stereocenters. The zero-order valence-corrected chi connectivity index (χ0v) is 11.7. The molecule has 110 valence electrons. The lowest BCUT2D eigenvalue weighted by Gasteiger charge is -2.09. The number of hydrogen-bond donors (Lipinski definition) is 3. The van der Waals surface area contributed by atoms with Crippen LogP contribution in [0.1, 0.15) is 30.6 Å². The van der Waals surface area contributed by atoms with Gasteiger partial charge in [-0.25, -0.2) is 4.39 Å². The molecule has 1 aromatic carbocycles. The molecule has 0 unspecified atom stereocenters. The molecule has 4 N–H and O–H groups in total. The van der Waals surface area contributed by atoms with Gasteiger partial charge in [-0.15, -0.1) is 0 Å². The SMILES string of the molecule is CC(C)CNC(=O)CCNC(=O)c1cccc(F)c1N. The molecule has 0 radical (unpaired) electrons. The predicted molar refractivity (Wildman–Crippen MR) is 75.6 cm³/mol. The number of amides is 2. The summed E-state index contributed by atoms with van der Waals surface area (Å²) in [6.07, 6.45) is 0.174. The summed E-state index contributed by atoms with van der Waals surface area (Å²) in [4.78, 5) is 23.2. The standard InChI is InChI=1S/C14H20FN3O2/c1-9(2)8-18-12(19)6-7-17-14(20)10-4-3-5-11(15)13(10)16/h3-5,9H,6-8,16H2,1-2H3,(H,17,20)(H,18,19). The zero-order valence-electron chi connectivity index (χ0n) is 11.7. The molecule has 0 spiro atoms. The second kappa shape index (κ2) is 7.47. The Kier molecular flexibility index (Phi) is 5.96. The van der Waals surface area contributed by atoms with Crippen LogP contribution in [0.15, 0.2) is 18.2 Å². The van der Waals surface area contributed by atoms with Crippen LogP contribution in [0, 0.1) is 11.7 Å². The molecule has 0 aliphatic carbocycles. The lowest BCUT2D eigenvalue weighted by atomic mass is 10.1. The van der Waals surface area contributed by atoms with E-state index < -0.39 is 11.7 Å². The molecular formula is C14H20FN3O2. The molecule has 0 heterocycles. The Morgan fingerprint density at radius 3 is 2.65 bits per heavy atom. The number of carbonyl (C=O) groups is 2. The van der Waals surface area contributed by atoms with Crippen molar-refractivity contribution in [2.45, 2.75) is 20.3 Å². The monoisotopic (exact) mass is 281 g/mol. The maximum absolute atomic E-state index is 13.2. The van der Waals surface area contributed by atoms with Crippen LogP contribution in [-0.2, 0) is 4.79 Å².